The predicted octanol–water partition coefficient (Wildman–Crippen LogP) is 0.721. The number of nitrogens with one attached hydrogen (secondary N) is 2. The third kappa shape index (κ3) is 4.18. The lowest BCUT2D eigenvalue weighted by Crippen LogP contribution is -2.45. The molecular formula is C10H21N5. The van der Waals surface area contributed by atoms with Gasteiger partial charge in [-0.3, -0.25) is 15.7 Å². The van der Waals surface area contributed by atoms with E-state index in [1.54, 1.807) is 0 Å². The molecule has 0 saturated carbocycles. The Bertz CT molecular complexity index is 230. The van der Waals surface area contributed by atoms with Crippen molar-refractivity contribution in [2.45, 2.75) is 32.6 Å². The molecule has 86 valence electrons. The number of hydrogen-bond acceptors (Lipinski definition) is 2. The average Bonchev–Trinajstić information content (AvgIpc) is 2.68. The van der Waals surface area contributed by atoms with Gasteiger partial charge >= 0.3 is 0 Å². The molecular weight excluding hydrogens is 190 g/mol. The summed E-state index contributed by atoms with van der Waals surface area (Å²) >= 11 is 0. The maximum absolute atomic E-state index is 7.23. The van der Waals surface area contributed by atoms with Gasteiger partial charge in [0.1, 0.15) is 0 Å². The maximum Gasteiger partial charge on any atom is 0.200 e. The molecule has 0 aromatic heterocycles. The molecule has 0 aromatic carbocycles. The van der Waals surface area contributed by atoms with Crippen LogP contribution >= 0.6 is 0 Å². The largest absolute Gasteiger partial charge is 0.370 e. The Morgan fingerprint density at radius 2 is 2.13 bits per heavy atom. The highest BCUT2D eigenvalue weighted by atomic mass is 15.3. The highest BCUT2D eigenvalue weighted by molar-refractivity contribution is 5.96. The fourth-order valence-electron chi connectivity index (χ4n) is 1.61. The van der Waals surface area contributed by atoms with Gasteiger partial charge in [-0.1, -0.05) is 13.3 Å². The molecule has 1 fully saturated rings. The van der Waals surface area contributed by atoms with Gasteiger partial charge < -0.3 is 10.6 Å². The first-order valence-electron chi connectivity index (χ1n) is 5.64. The van der Waals surface area contributed by atoms with Crippen molar-refractivity contribution < 1.29 is 0 Å². The quantitative estimate of drug-likeness (QED) is 0.366. The molecule has 0 unspecified atom stereocenters. The molecule has 0 aromatic rings. The van der Waals surface area contributed by atoms with E-state index in [0.717, 1.165) is 38.4 Å². The summed E-state index contributed by atoms with van der Waals surface area (Å²) in [4.78, 5) is 6.61. The molecule has 0 amide bonds. The van der Waals surface area contributed by atoms with Crippen molar-refractivity contribution in [1.82, 2.24) is 10.2 Å². The summed E-state index contributed by atoms with van der Waals surface area (Å²) < 4.78 is 0. The van der Waals surface area contributed by atoms with E-state index >= 15 is 0 Å². The number of likely N-dealkylation sites (tertiary alicyclic amines) is 1. The molecule has 0 spiro atoms. The molecule has 15 heavy (non-hydrogen) atoms. The Morgan fingerprint density at radius 3 is 2.67 bits per heavy atom. The van der Waals surface area contributed by atoms with Crippen molar-refractivity contribution in [2.75, 3.05) is 19.6 Å². The first-order valence-corrected chi connectivity index (χ1v) is 5.64. The fourth-order valence-corrected chi connectivity index (χ4v) is 1.61. The van der Waals surface area contributed by atoms with E-state index in [1.165, 1.54) is 12.8 Å². The summed E-state index contributed by atoms with van der Waals surface area (Å²) in [5, 5.41) is 10.0. The monoisotopic (exact) mass is 211 g/mol. The molecule has 0 atom stereocenters. The van der Waals surface area contributed by atoms with Gasteiger partial charge in [0.25, 0.3) is 0 Å². The van der Waals surface area contributed by atoms with E-state index < -0.39 is 0 Å². The molecule has 4 N–H and O–H groups in total. The first kappa shape index (κ1) is 11.8. The van der Waals surface area contributed by atoms with Gasteiger partial charge in [-0.15, -0.1) is 0 Å². The van der Waals surface area contributed by atoms with Crippen LogP contribution in [0.4, 0.5) is 0 Å². The van der Waals surface area contributed by atoms with Crippen LogP contribution < -0.4 is 11.1 Å². The minimum atomic E-state index is -0.0304. The Balaban J connectivity index is 2.50. The van der Waals surface area contributed by atoms with Gasteiger partial charge in [0.05, 0.1) is 0 Å². The smallest absolute Gasteiger partial charge is 0.200 e. The van der Waals surface area contributed by atoms with Crippen molar-refractivity contribution >= 4 is 11.9 Å². The highest BCUT2D eigenvalue weighted by Gasteiger charge is 2.16. The molecule has 1 aliphatic heterocycles. The second-order valence-electron chi connectivity index (χ2n) is 3.79. The fraction of sp³-hybridized carbons (Fsp3) is 0.800. The number of guanidine groups is 2. The highest BCUT2D eigenvalue weighted by Crippen LogP contribution is 2.07. The molecule has 0 bridgehead atoms. The summed E-state index contributed by atoms with van der Waals surface area (Å²) in [6, 6.07) is 0. The van der Waals surface area contributed by atoms with E-state index in [0.29, 0.717) is 0 Å². The second-order valence-corrected chi connectivity index (χ2v) is 3.79. The van der Waals surface area contributed by atoms with E-state index in [9.17, 15) is 0 Å². The maximum atomic E-state index is 7.23. The van der Waals surface area contributed by atoms with Gasteiger partial charge in [0, 0.05) is 19.6 Å². The number of unbranched alkanes of at least 4 members (excludes halogenated alkanes) is 1. The number of rotatable bonds is 3. The van der Waals surface area contributed by atoms with Crippen molar-refractivity contribution in [2.24, 2.45) is 10.7 Å². The Kier molecular flexibility index (Phi) is 4.93. The second kappa shape index (κ2) is 6.27. The van der Waals surface area contributed by atoms with E-state index in [1.807, 2.05) is 0 Å². The zero-order chi connectivity index (χ0) is 11.1. The summed E-state index contributed by atoms with van der Waals surface area (Å²) in [5.74, 6) is 0.741. The molecule has 1 aliphatic rings. The third-order valence-electron chi connectivity index (χ3n) is 2.43. The van der Waals surface area contributed by atoms with Crippen LogP contribution in [0.2, 0.25) is 0 Å². The van der Waals surface area contributed by atoms with Crippen LogP contribution in [-0.4, -0.2) is 36.5 Å². The lowest BCUT2D eigenvalue weighted by atomic mass is 10.3. The molecule has 0 radical (unpaired) electrons. The number of hydrogen-bond donors (Lipinski definition) is 3. The van der Waals surface area contributed by atoms with Gasteiger partial charge in [-0.2, -0.15) is 0 Å². The standard InChI is InChI=1S/C10H21N5/c1-2-3-6-13-10(14-9(11)12)15-7-4-5-8-15/h2-8H2,1H3,(H4,11,12,13,14). The minimum Gasteiger partial charge on any atom is -0.370 e. The van der Waals surface area contributed by atoms with Crippen LogP contribution in [0.5, 0.6) is 0 Å². The topological polar surface area (TPSA) is 77.5 Å². The molecule has 1 saturated heterocycles. The van der Waals surface area contributed by atoms with E-state index in [-0.39, 0.29) is 5.96 Å². The predicted molar refractivity (Wildman–Crippen MR) is 63.1 cm³/mol. The van der Waals surface area contributed by atoms with Gasteiger partial charge in [0.2, 0.25) is 5.96 Å². The van der Waals surface area contributed by atoms with Gasteiger partial charge in [0.15, 0.2) is 5.96 Å². The third-order valence-corrected chi connectivity index (χ3v) is 2.43. The van der Waals surface area contributed by atoms with E-state index in [4.69, 9.17) is 11.1 Å². The lowest BCUT2D eigenvalue weighted by molar-refractivity contribution is 0.502. The summed E-state index contributed by atoms with van der Waals surface area (Å²) in [5.41, 5.74) is 5.33. The molecule has 1 heterocycles. The average molecular weight is 211 g/mol. The summed E-state index contributed by atoms with van der Waals surface area (Å²) in [6.07, 6.45) is 4.62. The van der Waals surface area contributed by atoms with Gasteiger partial charge in [-0.05, 0) is 19.3 Å². The van der Waals surface area contributed by atoms with Crippen LogP contribution in [0.15, 0.2) is 4.99 Å². The van der Waals surface area contributed by atoms with Crippen molar-refractivity contribution in [1.29, 1.82) is 5.41 Å². The normalized spacial score (nSPS) is 16.9. The summed E-state index contributed by atoms with van der Waals surface area (Å²) in [6.45, 7) is 4.99. The summed E-state index contributed by atoms with van der Waals surface area (Å²) in [7, 11) is 0. The zero-order valence-corrected chi connectivity index (χ0v) is 9.42. The number of nitrogens with zero attached hydrogens (tertiary/aromatic N) is 2. The van der Waals surface area contributed by atoms with Crippen molar-refractivity contribution in [3.05, 3.63) is 0 Å². The molecule has 1 rings (SSSR count). The Hall–Kier alpha value is -1.26. The molecule has 5 heteroatoms. The van der Waals surface area contributed by atoms with E-state index in [2.05, 4.69) is 22.1 Å². The Morgan fingerprint density at radius 1 is 1.47 bits per heavy atom. The lowest BCUT2D eigenvalue weighted by Gasteiger charge is -2.20. The van der Waals surface area contributed by atoms with Crippen molar-refractivity contribution in [3.8, 4) is 0 Å². The number of aliphatic imine (C=N–C) groups is 1. The zero-order valence-electron chi connectivity index (χ0n) is 9.42. The number of nitrogens with two attached hydrogens (primary N) is 1. The van der Waals surface area contributed by atoms with Crippen LogP contribution in [-0.2, 0) is 0 Å². The van der Waals surface area contributed by atoms with Crippen molar-refractivity contribution in [3.63, 3.8) is 0 Å². The van der Waals surface area contributed by atoms with Crippen LogP contribution in [0.25, 0.3) is 0 Å². The van der Waals surface area contributed by atoms with Crippen LogP contribution in [0.3, 0.4) is 0 Å². The van der Waals surface area contributed by atoms with Gasteiger partial charge in [-0.25, -0.2) is 0 Å². The minimum absolute atomic E-state index is 0.0304. The van der Waals surface area contributed by atoms with Crippen LogP contribution in [0, 0.1) is 5.41 Å². The molecule has 0 aliphatic carbocycles. The van der Waals surface area contributed by atoms with Crippen LogP contribution in [0.1, 0.15) is 32.6 Å². The Labute approximate surface area is 91.2 Å². The SMILES string of the molecule is CCCC/N=C(/NC(=N)N)N1CCCC1. The molecule has 5 nitrogen and oxygen atoms in total. The first-order chi connectivity index (χ1) is 7.24.